The Morgan fingerprint density at radius 3 is 2.92 bits per heavy atom. The first-order valence-corrected chi connectivity index (χ1v) is 8.62. The smallest absolute Gasteiger partial charge is 0.346 e. The van der Waals surface area contributed by atoms with Crippen LogP contribution in [-0.2, 0) is 4.79 Å². The van der Waals surface area contributed by atoms with Crippen LogP contribution in [0.2, 0.25) is 0 Å². The molecule has 1 aromatic carbocycles. The lowest BCUT2D eigenvalue weighted by atomic mass is 10.2. The van der Waals surface area contributed by atoms with E-state index in [0.29, 0.717) is 6.54 Å². The summed E-state index contributed by atoms with van der Waals surface area (Å²) in [6.45, 7) is 1.04. The van der Waals surface area contributed by atoms with Crippen molar-refractivity contribution in [3.8, 4) is 0 Å². The van der Waals surface area contributed by atoms with Crippen LogP contribution in [0.1, 0.15) is 30.8 Å². The maximum absolute atomic E-state index is 12.3. The average Bonchev–Trinajstić information content (AvgIpc) is 3.16. The maximum Gasteiger partial charge on any atom is 0.405 e. The zero-order valence-corrected chi connectivity index (χ0v) is 14.0. The number of halogens is 3. The Balaban J connectivity index is 1.73. The first-order chi connectivity index (χ1) is 11.3. The molecular weight excluding hydrogens is 339 g/mol. The SMILES string of the molecule is CC(C(=O)NCC(F)(F)F)N1CCCC1c1nc2ccccc2s1. The summed E-state index contributed by atoms with van der Waals surface area (Å²) in [7, 11) is 0. The number of para-hydroxylation sites is 1. The number of hydrogen-bond acceptors (Lipinski definition) is 4. The highest BCUT2D eigenvalue weighted by molar-refractivity contribution is 7.18. The molecule has 1 aliphatic rings. The Labute approximate surface area is 141 Å². The van der Waals surface area contributed by atoms with Gasteiger partial charge in [0.1, 0.15) is 11.6 Å². The Hall–Kier alpha value is -1.67. The van der Waals surface area contributed by atoms with Crippen molar-refractivity contribution in [1.82, 2.24) is 15.2 Å². The monoisotopic (exact) mass is 357 g/mol. The zero-order chi connectivity index (χ0) is 17.3. The lowest BCUT2D eigenvalue weighted by Gasteiger charge is -2.28. The minimum Gasteiger partial charge on any atom is -0.346 e. The van der Waals surface area contributed by atoms with Gasteiger partial charge in [-0.3, -0.25) is 9.69 Å². The van der Waals surface area contributed by atoms with Crippen molar-refractivity contribution < 1.29 is 18.0 Å². The first-order valence-electron chi connectivity index (χ1n) is 7.81. The molecular formula is C16H18F3N3OS. The van der Waals surface area contributed by atoms with Gasteiger partial charge in [-0.15, -0.1) is 11.3 Å². The highest BCUT2D eigenvalue weighted by atomic mass is 32.1. The van der Waals surface area contributed by atoms with E-state index in [0.717, 1.165) is 28.1 Å². The van der Waals surface area contributed by atoms with Crippen molar-refractivity contribution in [3.63, 3.8) is 0 Å². The molecule has 0 spiro atoms. The van der Waals surface area contributed by atoms with Crippen molar-refractivity contribution in [2.75, 3.05) is 13.1 Å². The van der Waals surface area contributed by atoms with Crippen molar-refractivity contribution in [1.29, 1.82) is 0 Å². The quantitative estimate of drug-likeness (QED) is 0.911. The molecule has 1 aromatic heterocycles. The zero-order valence-electron chi connectivity index (χ0n) is 13.1. The summed E-state index contributed by atoms with van der Waals surface area (Å²) in [5, 5.41) is 2.90. The predicted molar refractivity (Wildman–Crippen MR) is 86.8 cm³/mol. The summed E-state index contributed by atoms with van der Waals surface area (Å²) in [5.74, 6) is -0.597. The van der Waals surface area contributed by atoms with E-state index in [1.165, 1.54) is 0 Å². The molecule has 2 atom stereocenters. The number of benzene rings is 1. The molecule has 2 heterocycles. The molecule has 130 valence electrons. The minimum absolute atomic E-state index is 0.0194. The number of carbonyl (C=O) groups excluding carboxylic acids is 1. The van der Waals surface area contributed by atoms with Crippen molar-refractivity contribution in [2.24, 2.45) is 0 Å². The summed E-state index contributed by atoms with van der Waals surface area (Å²) in [6.07, 6.45) is -2.64. The number of rotatable bonds is 4. The van der Waals surface area contributed by atoms with Gasteiger partial charge in [0.2, 0.25) is 5.91 Å². The summed E-state index contributed by atoms with van der Waals surface area (Å²) < 4.78 is 37.9. The van der Waals surface area contributed by atoms with Gasteiger partial charge >= 0.3 is 6.18 Å². The number of hydrogen-bond donors (Lipinski definition) is 1. The van der Waals surface area contributed by atoms with Crippen LogP contribution in [0.3, 0.4) is 0 Å². The summed E-state index contributed by atoms with van der Waals surface area (Å²) in [6, 6.07) is 7.17. The lowest BCUT2D eigenvalue weighted by molar-refractivity contribution is -0.141. The van der Waals surface area contributed by atoms with Crippen LogP contribution in [0.4, 0.5) is 13.2 Å². The third kappa shape index (κ3) is 3.70. The minimum atomic E-state index is -4.40. The van der Waals surface area contributed by atoms with Gasteiger partial charge in [-0.2, -0.15) is 13.2 Å². The highest BCUT2D eigenvalue weighted by Gasteiger charge is 2.36. The van der Waals surface area contributed by atoms with Crippen LogP contribution in [0, 0.1) is 0 Å². The number of nitrogens with one attached hydrogen (secondary N) is 1. The van der Waals surface area contributed by atoms with Crippen LogP contribution < -0.4 is 5.32 Å². The van der Waals surface area contributed by atoms with Gasteiger partial charge in [-0.25, -0.2) is 4.98 Å². The first kappa shape index (κ1) is 17.2. The van der Waals surface area contributed by atoms with Crippen LogP contribution in [0.15, 0.2) is 24.3 Å². The molecule has 1 fully saturated rings. The molecule has 1 amide bonds. The number of nitrogens with zero attached hydrogens (tertiary/aromatic N) is 2. The standard InChI is InChI=1S/C16H18F3N3OS/c1-10(14(23)20-9-16(17,18)19)22-8-4-6-12(22)15-21-11-5-2-3-7-13(11)24-15/h2-3,5,7,10,12H,4,6,8-9H2,1H3,(H,20,23). The molecule has 1 saturated heterocycles. The van der Waals surface area contributed by atoms with Gasteiger partial charge in [-0.05, 0) is 38.4 Å². The normalized spacial score (nSPS) is 20.4. The van der Waals surface area contributed by atoms with Crippen molar-refractivity contribution >= 4 is 27.5 Å². The second-order valence-corrected chi connectivity index (χ2v) is 6.99. The van der Waals surface area contributed by atoms with Gasteiger partial charge in [0.05, 0.1) is 22.3 Å². The predicted octanol–water partition coefficient (Wildman–Crippen LogP) is 3.50. The topological polar surface area (TPSA) is 45.2 Å². The molecule has 1 aliphatic heterocycles. The Bertz CT molecular complexity index is 698. The van der Waals surface area contributed by atoms with E-state index < -0.39 is 24.7 Å². The van der Waals surface area contributed by atoms with Crippen LogP contribution in [0.25, 0.3) is 10.2 Å². The third-order valence-electron chi connectivity index (χ3n) is 4.23. The number of carbonyl (C=O) groups is 1. The lowest BCUT2D eigenvalue weighted by Crippen LogP contribution is -2.47. The molecule has 24 heavy (non-hydrogen) atoms. The molecule has 4 nitrogen and oxygen atoms in total. The number of thiazole rings is 1. The second kappa shape index (κ2) is 6.68. The molecule has 1 N–H and O–H groups in total. The summed E-state index contributed by atoms with van der Waals surface area (Å²) >= 11 is 1.58. The number of alkyl halides is 3. The average molecular weight is 357 g/mol. The van der Waals surface area contributed by atoms with E-state index in [1.54, 1.807) is 18.3 Å². The second-order valence-electron chi connectivity index (χ2n) is 5.92. The fraction of sp³-hybridized carbons (Fsp3) is 0.500. The molecule has 0 radical (unpaired) electrons. The number of aromatic nitrogens is 1. The van der Waals surface area contributed by atoms with Crippen LogP contribution in [0.5, 0.6) is 0 Å². The number of likely N-dealkylation sites (tertiary alicyclic amines) is 1. The highest BCUT2D eigenvalue weighted by Crippen LogP contribution is 2.37. The number of fused-ring (bicyclic) bond motifs is 1. The molecule has 2 unspecified atom stereocenters. The fourth-order valence-electron chi connectivity index (χ4n) is 3.04. The van der Waals surface area contributed by atoms with Crippen LogP contribution in [-0.4, -0.2) is 41.1 Å². The van der Waals surface area contributed by atoms with E-state index in [4.69, 9.17) is 0 Å². The van der Waals surface area contributed by atoms with Gasteiger partial charge in [0.15, 0.2) is 0 Å². The van der Waals surface area contributed by atoms with E-state index in [1.807, 2.05) is 34.5 Å². The largest absolute Gasteiger partial charge is 0.405 e. The maximum atomic E-state index is 12.3. The van der Waals surface area contributed by atoms with Gasteiger partial charge in [0, 0.05) is 0 Å². The van der Waals surface area contributed by atoms with E-state index in [9.17, 15) is 18.0 Å². The summed E-state index contributed by atoms with van der Waals surface area (Å²) in [5.41, 5.74) is 0.915. The Kier molecular flexibility index (Phi) is 4.78. The van der Waals surface area contributed by atoms with Gasteiger partial charge in [0.25, 0.3) is 0 Å². The Morgan fingerprint density at radius 2 is 2.21 bits per heavy atom. The van der Waals surface area contributed by atoms with E-state index in [2.05, 4.69) is 4.98 Å². The van der Waals surface area contributed by atoms with Crippen molar-refractivity contribution in [3.05, 3.63) is 29.3 Å². The van der Waals surface area contributed by atoms with E-state index >= 15 is 0 Å². The molecule has 0 saturated carbocycles. The van der Waals surface area contributed by atoms with Crippen molar-refractivity contribution in [2.45, 2.75) is 38.0 Å². The fourth-order valence-corrected chi connectivity index (χ4v) is 4.16. The van der Waals surface area contributed by atoms with Gasteiger partial charge < -0.3 is 5.32 Å². The third-order valence-corrected chi connectivity index (χ3v) is 5.37. The molecule has 0 bridgehead atoms. The molecule has 8 heteroatoms. The van der Waals surface area contributed by atoms with Gasteiger partial charge in [-0.1, -0.05) is 12.1 Å². The van der Waals surface area contributed by atoms with E-state index in [-0.39, 0.29) is 6.04 Å². The molecule has 0 aliphatic carbocycles. The molecule has 2 aromatic rings. The van der Waals surface area contributed by atoms with Crippen LogP contribution >= 0.6 is 11.3 Å². The number of amides is 1. The summed E-state index contributed by atoms with van der Waals surface area (Å²) in [4.78, 5) is 18.6. The Morgan fingerprint density at radius 1 is 1.46 bits per heavy atom. The molecule has 3 rings (SSSR count).